The van der Waals surface area contributed by atoms with Crippen molar-refractivity contribution in [1.29, 1.82) is 0 Å². The van der Waals surface area contributed by atoms with Gasteiger partial charge in [0, 0.05) is 26.3 Å². The van der Waals surface area contributed by atoms with Crippen LogP contribution in [0.4, 0.5) is 8.78 Å². The second-order valence-corrected chi connectivity index (χ2v) is 5.90. The van der Waals surface area contributed by atoms with E-state index in [1.807, 2.05) is 7.05 Å². The van der Waals surface area contributed by atoms with Crippen molar-refractivity contribution in [3.05, 3.63) is 51.8 Å². The van der Waals surface area contributed by atoms with Crippen LogP contribution in [-0.2, 0) is 20.1 Å². The third-order valence-electron chi connectivity index (χ3n) is 3.46. The molecule has 0 aliphatic carbocycles. The zero-order valence-corrected chi connectivity index (χ0v) is 15.2. The monoisotopic (exact) mass is 390 g/mol. The number of nitrogens with one attached hydrogen (secondary N) is 2. The Balaban J connectivity index is 1.91. The third-order valence-corrected chi connectivity index (χ3v) is 4.30. The van der Waals surface area contributed by atoms with Crippen molar-refractivity contribution in [2.75, 3.05) is 7.05 Å². The van der Waals surface area contributed by atoms with Gasteiger partial charge >= 0.3 is 6.61 Å². The van der Waals surface area contributed by atoms with Gasteiger partial charge in [0.15, 0.2) is 5.96 Å². The highest BCUT2D eigenvalue weighted by molar-refractivity contribution is 6.41. The quantitative estimate of drug-likeness (QED) is 0.582. The van der Waals surface area contributed by atoms with Crippen molar-refractivity contribution >= 4 is 29.2 Å². The predicted octanol–water partition coefficient (Wildman–Crippen LogP) is 3.80. The van der Waals surface area contributed by atoms with Gasteiger partial charge in [0.05, 0.1) is 11.6 Å². The summed E-state index contributed by atoms with van der Waals surface area (Å²) in [4.78, 5) is 4.12. The number of aromatic nitrogens is 1. The van der Waals surface area contributed by atoms with E-state index in [9.17, 15) is 8.78 Å². The van der Waals surface area contributed by atoms with Crippen molar-refractivity contribution in [1.82, 2.24) is 15.2 Å². The predicted molar refractivity (Wildman–Crippen MR) is 95.5 cm³/mol. The topological polar surface area (TPSA) is 50.6 Å². The summed E-state index contributed by atoms with van der Waals surface area (Å²) in [6, 6.07) is 8.25. The van der Waals surface area contributed by atoms with Gasteiger partial charge in [-0.2, -0.15) is 8.78 Å². The fourth-order valence-electron chi connectivity index (χ4n) is 2.17. The zero-order chi connectivity index (χ0) is 18.4. The molecule has 2 rings (SSSR count). The SMILES string of the molecule is CN=C(NCc1cccc(OC(F)F)c1)NCc1cc(Cl)c(Cl)n1C. The number of alkyl halides is 2. The van der Waals surface area contributed by atoms with Gasteiger partial charge in [-0.1, -0.05) is 35.3 Å². The Morgan fingerprint density at radius 3 is 2.56 bits per heavy atom. The molecular formula is C16H18Cl2F2N4O. The first-order chi connectivity index (χ1) is 11.9. The number of aliphatic imine (C=N–C) groups is 1. The Morgan fingerprint density at radius 1 is 1.24 bits per heavy atom. The molecule has 2 N–H and O–H groups in total. The largest absolute Gasteiger partial charge is 0.435 e. The fraction of sp³-hybridized carbons (Fsp3) is 0.312. The van der Waals surface area contributed by atoms with Gasteiger partial charge in [0.2, 0.25) is 0 Å². The first-order valence-corrected chi connectivity index (χ1v) is 8.14. The average molecular weight is 391 g/mol. The lowest BCUT2D eigenvalue weighted by atomic mass is 10.2. The Bertz CT molecular complexity index is 750. The maximum absolute atomic E-state index is 12.3. The first kappa shape index (κ1) is 19.3. The summed E-state index contributed by atoms with van der Waals surface area (Å²) in [5, 5.41) is 7.19. The van der Waals surface area contributed by atoms with Gasteiger partial charge in [-0.25, -0.2) is 0 Å². The van der Waals surface area contributed by atoms with E-state index < -0.39 is 6.61 Å². The van der Waals surface area contributed by atoms with Crippen molar-refractivity contribution in [3.63, 3.8) is 0 Å². The summed E-state index contributed by atoms with van der Waals surface area (Å²) < 4.78 is 30.7. The summed E-state index contributed by atoms with van der Waals surface area (Å²) in [6.07, 6.45) is 0. The number of ether oxygens (including phenoxy) is 1. The lowest BCUT2D eigenvalue weighted by Crippen LogP contribution is -2.36. The normalized spacial score (nSPS) is 11.7. The molecule has 0 radical (unpaired) electrons. The molecule has 0 unspecified atom stereocenters. The third kappa shape index (κ3) is 5.51. The molecule has 0 spiro atoms. The van der Waals surface area contributed by atoms with Crippen LogP contribution in [0.1, 0.15) is 11.3 Å². The lowest BCUT2D eigenvalue weighted by molar-refractivity contribution is -0.0498. The number of hydrogen-bond donors (Lipinski definition) is 2. The van der Waals surface area contributed by atoms with Crippen LogP contribution in [0.15, 0.2) is 35.3 Å². The molecule has 5 nitrogen and oxygen atoms in total. The highest BCUT2D eigenvalue weighted by atomic mass is 35.5. The van der Waals surface area contributed by atoms with Crippen molar-refractivity contribution in [2.45, 2.75) is 19.7 Å². The molecule has 1 aromatic carbocycles. The molecular weight excluding hydrogens is 373 g/mol. The molecule has 1 heterocycles. The number of guanidine groups is 1. The van der Waals surface area contributed by atoms with Crippen LogP contribution in [-0.4, -0.2) is 24.2 Å². The van der Waals surface area contributed by atoms with Gasteiger partial charge in [-0.3, -0.25) is 4.99 Å². The minimum atomic E-state index is -2.85. The Hall–Kier alpha value is -1.99. The second-order valence-electron chi connectivity index (χ2n) is 5.14. The van der Waals surface area contributed by atoms with E-state index in [2.05, 4.69) is 20.4 Å². The summed E-state index contributed by atoms with van der Waals surface area (Å²) >= 11 is 12.0. The van der Waals surface area contributed by atoms with Crippen LogP contribution in [0.25, 0.3) is 0 Å². The van der Waals surface area contributed by atoms with E-state index >= 15 is 0 Å². The van der Waals surface area contributed by atoms with Crippen molar-refractivity contribution in [3.8, 4) is 5.75 Å². The molecule has 0 atom stereocenters. The summed E-state index contributed by atoms with van der Waals surface area (Å²) in [7, 11) is 3.45. The van der Waals surface area contributed by atoms with Crippen molar-refractivity contribution in [2.24, 2.45) is 12.0 Å². The van der Waals surface area contributed by atoms with E-state index in [0.29, 0.717) is 29.2 Å². The summed E-state index contributed by atoms with van der Waals surface area (Å²) in [5.41, 5.74) is 1.68. The molecule has 0 saturated heterocycles. The first-order valence-electron chi connectivity index (χ1n) is 7.38. The van der Waals surface area contributed by atoms with E-state index in [4.69, 9.17) is 23.2 Å². The molecule has 2 aromatic rings. The molecule has 0 bridgehead atoms. The van der Waals surface area contributed by atoms with Gasteiger partial charge in [-0.15, -0.1) is 0 Å². The molecule has 136 valence electrons. The van der Waals surface area contributed by atoms with Crippen LogP contribution in [0.5, 0.6) is 5.75 Å². The molecule has 0 aliphatic rings. The summed E-state index contributed by atoms with van der Waals surface area (Å²) in [5.74, 6) is 0.666. The molecule has 25 heavy (non-hydrogen) atoms. The number of benzene rings is 1. The number of halogens is 4. The molecule has 1 aromatic heterocycles. The molecule has 0 fully saturated rings. The fourth-order valence-corrected chi connectivity index (χ4v) is 2.59. The Labute approximate surface area is 154 Å². The highest BCUT2D eigenvalue weighted by Gasteiger charge is 2.09. The van der Waals surface area contributed by atoms with E-state index in [0.717, 1.165) is 11.3 Å². The average Bonchev–Trinajstić information content (AvgIpc) is 2.82. The lowest BCUT2D eigenvalue weighted by Gasteiger charge is -2.13. The molecule has 0 saturated carbocycles. The maximum Gasteiger partial charge on any atom is 0.387 e. The van der Waals surface area contributed by atoms with Crippen LogP contribution in [0.3, 0.4) is 0 Å². The number of hydrogen-bond acceptors (Lipinski definition) is 2. The summed E-state index contributed by atoms with van der Waals surface area (Å²) in [6.45, 7) is -1.98. The second kappa shape index (κ2) is 8.92. The Morgan fingerprint density at radius 2 is 1.96 bits per heavy atom. The van der Waals surface area contributed by atoms with Crippen molar-refractivity contribution < 1.29 is 13.5 Å². The minimum absolute atomic E-state index is 0.116. The van der Waals surface area contributed by atoms with Gasteiger partial charge in [0.1, 0.15) is 10.9 Å². The zero-order valence-electron chi connectivity index (χ0n) is 13.7. The standard InChI is InChI=1S/C16H18Cl2F2N4O/c1-21-16(23-9-11-7-13(17)14(18)24(11)2)22-8-10-4-3-5-12(6-10)25-15(19)20/h3-7,15H,8-9H2,1-2H3,(H2,21,22,23). The van der Waals surface area contributed by atoms with Crippen LogP contribution >= 0.6 is 23.2 Å². The van der Waals surface area contributed by atoms with Gasteiger partial charge < -0.3 is 19.9 Å². The molecule has 9 heteroatoms. The maximum atomic E-state index is 12.3. The molecule has 0 amide bonds. The number of rotatable bonds is 6. The van der Waals surface area contributed by atoms with E-state index in [-0.39, 0.29) is 5.75 Å². The highest BCUT2D eigenvalue weighted by Crippen LogP contribution is 2.24. The van der Waals surface area contributed by atoms with Crippen LogP contribution in [0.2, 0.25) is 10.2 Å². The minimum Gasteiger partial charge on any atom is -0.435 e. The molecule has 0 aliphatic heterocycles. The van der Waals surface area contributed by atoms with Crippen LogP contribution in [0, 0.1) is 0 Å². The smallest absolute Gasteiger partial charge is 0.387 e. The van der Waals surface area contributed by atoms with Crippen LogP contribution < -0.4 is 15.4 Å². The Kier molecular flexibility index (Phi) is 6.90. The van der Waals surface area contributed by atoms with E-state index in [1.165, 1.54) is 6.07 Å². The van der Waals surface area contributed by atoms with Gasteiger partial charge in [0.25, 0.3) is 0 Å². The van der Waals surface area contributed by atoms with E-state index in [1.54, 1.807) is 35.9 Å². The number of nitrogens with zero attached hydrogens (tertiary/aromatic N) is 2. The van der Waals surface area contributed by atoms with Gasteiger partial charge in [-0.05, 0) is 23.8 Å².